The molecule has 6 nitrogen and oxygen atoms in total. The highest BCUT2D eigenvalue weighted by Crippen LogP contribution is 2.20. The number of carbonyl (C=O) groups excluding carboxylic acids is 1. The van der Waals surface area contributed by atoms with E-state index in [0.717, 1.165) is 21.3 Å². The molecule has 0 aliphatic heterocycles. The zero-order valence-corrected chi connectivity index (χ0v) is 14.9. The van der Waals surface area contributed by atoms with Crippen LogP contribution < -0.4 is 5.32 Å². The van der Waals surface area contributed by atoms with Crippen LogP contribution >= 0.6 is 15.9 Å². The first-order chi connectivity index (χ1) is 11.6. The molecule has 24 heavy (non-hydrogen) atoms. The fourth-order valence-corrected chi connectivity index (χ4v) is 2.56. The summed E-state index contributed by atoms with van der Waals surface area (Å²) in [5, 5.41) is 11.0. The number of hydrogen-bond acceptors (Lipinski definition) is 4. The van der Waals surface area contributed by atoms with Gasteiger partial charge in [-0.15, -0.1) is 5.10 Å². The maximum absolute atomic E-state index is 12.4. The lowest BCUT2D eigenvalue weighted by Crippen LogP contribution is -2.24. The van der Waals surface area contributed by atoms with Crippen LogP contribution in [0.5, 0.6) is 0 Å². The van der Waals surface area contributed by atoms with Crippen molar-refractivity contribution in [1.29, 1.82) is 0 Å². The summed E-state index contributed by atoms with van der Waals surface area (Å²) < 4.78 is 2.69. The van der Waals surface area contributed by atoms with Crippen LogP contribution in [0.25, 0.3) is 5.69 Å². The van der Waals surface area contributed by atoms with Gasteiger partial charge in [0.2, 0.25) is 0 Å². The van der Waals surface area contributed by atoms with E-state index in [1.807, 2.05) is 44.2 Å². The fraction of sp³-hybridized carbons (Fsp3) is 0.176. The van der Waals surface area contributed by atoms with E-state index in [4.69, 9.17) is 0 Å². The summed E-state index contributed by atoms with van der Waals surface area (Å²) in [7, 11) is 0. The molecule has 1 N–H and O–H groups in total. The van der Waals surface area contributed by atoms with Gasteiger partial charge in [-0.3, -0.25) is 9.78 Å². The maximum Gasteiger partial charge on any atom is 0.274 e. The molecular weight excluding hydrogens is 370 g/mol. The number of rotatable bonds is 4. The molecule has 0 spiro atoms. The first kappa shape index (κ1) is 16.3. The van der Waals surface area contributed by atoms with E-state index >= 15 is 0 Å². The summed E-state index contributed by atoms with van der Waals surface area (Å²) in [5.41, 5.74) is 3.96. The number of carbonyl (C=O) groups is 1. The van der Waals surface area contributed by atoms with Crippen LogP contribution in [0.2, 0.25) is 0 Å². The van der Waals surface area contributed by atoms with Crippen molar-refractivity contribution >= 4 is 21.8 Å². The molecule has 0 unspecified atom stereocenters. The van der Waals surface area contributed by atoms with Gasteiger partial charge in [0.15, 0.2) is 5.69 Å². The topological polar surface area (TPSA) is 72.7 Å². The number of hydrogen-bond donors (Lipinski definition) is 1. The van der Waals surface area contributed by atoms with E-state index in [1.165, 1.54) is 0 Å². The molecule has 0 aliphatic carbocycles. The minimum atomic E-state index is -0.246. The maximum atomic E-state index is 12.4. The molecule has 2 aromatic heterocycles. The highest BCUT2D eigenvalue weighted by atomic mass is 79.9. The SMILES string of the molecule is Cc1cc(-n2nnc(C(=O)NCc3ccncc3)c2C)ccc1Br. The van der Waals surface area contributed by atoms with Gasteiger partial charge in [-0.05, 0) is 55.3 Å². The van der Waals surface area contributed by atoms with Crippen molar-refractivity contribution in [3.8, 4) is 5.69 Å². The van der Waals surface area contributed by atoms with Crippen molar-refractivity contribution in [3.05, 3.63) is 69.7 Å². The Labute approximate surface area is 148 Å². The summed E-state index contributed by atoms with van der Waals surface area (Å²) in [5.74, 6) is -0.246. The van der Waals surface area contributed by atoms with Crippen molar-refractivity contribution < 1.29 is 4.79 Å². The molecular formula is C17H16BrN5O. The molecule has 0 bridgehead atoms. The zero-order chi connectivity index (χ0) is 17.1. The number of benzene rings is 1. The lowest BCUT2D eigenvalue weighted by atomic mass is 10.2. The van der Waals surface area contributed by atoms with E-state index in [0.29, 0.717) is 17.9 Å². The van der Waals surface area contributed by atoms with Crippen LogP contribution in [0, 0.1) is 13.8 Å². The van der Waals surface area contributed by atoms with E-state index in [2.05, 4.69) is 36.5 Å². The number of halogens is 1. The Morgan fingerprint density at radius 1 is 1.21 bits per heavy atom. The van der Waals surface area contributed by atoms with Crippen LogP contribution in [0.1, 0.15) is 27.3 Å². The highest BCUT2D eigenvalue weighted by Gasteiger charge is 2.17. The Balaban J connectivity index is 1.79. The van der Waals surface area contributed by atoms with Gasteiger partial charge < -0.3 is 5.32 Å². The molecule has 0 aliphatic rings. The Morgan fingerprint density at radius 2 is 1.96 bits per heavy atom. The minimum absolute atomic E-state index is 0.246. The molecule has 0 radical (unpaired) electrons. The Bertz CT molecular complexity index is 876. The Kier molecular flexibility index (Phi) is 4.71. The second-order valence-electron chi connectivity index (χ2n) is 5.41. The first-order valence-corrected chi connectivity index (χ1v) is 8.21. The van der Waals surface area contributed by atoms with Crippen LogP contribution in [0.3, 0.4) is 0 Å². The van der Waals surface area contributed by atoms with Crippen molar-refractivity contribution in [2.45, 2.75) is 20.4 Å². The van der Waals surface area contributed by atoms with E-state index in [9.17, 15) is 4.79 Å². The summed E-state index contributed by atoms with van der Waals surface area (Å²) >= 11 is 3.48. The third kappa shape index (κ3) is 3.35. The quantitative estimate of drug-likeness (QED) is 0.748. The molecule has 0 fully saturated rings. The van der Waals surface area contributed by atoms with Crippen molar-refractivity contribution in [3.63, 3.8) is 0 Å². The monoisotopic (exact) mass is 385 g/mol. The number of nitrogens with zero attached hydrogens (tertiary/aromatic N) is 4. The van der Waals surface area contributed by atoms with Crippen LogP contribution in [0.4, 0.5) is 0 Å². The van der Waals surface area contributed by atoms with E-state index < -0.39 is 0 Å². The van der Waals surface area contributed by atoms with Crippen LogP contribution in [0.15, 0.2) is 47.2 Å². The molecule has 2 heterocycles. The molecule has 3 aromatic rings. The van der Waals surface area contributed by atoms with Crippen LogP contribution in [-0.4, -0.2) is 25.9 Å². The molecule has 0 saturated carbocycles. The number of nitrogens with one attached hydrogen (secondary N) is 1. The second kappa shape index (κ2) is 6.92. The van der Waals surface area contributed by atoms with Gasteiger partial charge in [0.25, 0.3) is 5.91 Å². The molecule has 0 atom stereocenters. The summed E-state index contributed by atoms with van der Waals surface area (Å²) in [4.78, 5) is 16.3. The first-order valence-electron chi connectivity index (χ1n) is 7.42. The normalized spacial score (nSPS) is 10.6. The van der Waals surface area contributed by atoms with E-state index in [1.54, 1.807) is 17.1 Å². The Morgan fingerprint density at radius 3 is 2.67 bits per heavy atom. The lowest BCUT2D eigenvalue weighted by Gasteiger charge is -2.07. The van der Waals surface area contributed by atoms with Gasteiger partial charge in [0.1, 0.15) is 0 Å². The smallest absolute Gasteiger partial charge is 0.274 e. The molecule has 122 valence electrons. The van der Waals surface area contributed by atoms with Crippen molar-refractivity contribution in [1.82, 2.24) is 25.3 Å². The number of aryl methyl sites for hydroxylation is 1. The average molecular weight is 386 g/mol. The third-order valence-electron chi connectivity index (χ3n) is 3.70. The standard InChI is InChI=1S/C17H16BrN5O/c1-11-9-14(3-4-15(11)18)23-12(2)16(21-22-23)17(24)20-10-13-5-7-19-8-6-13/h3-9H,10H2,1-2H3,(H,20,24). The molecule has 1 aromatic carbocycles. The average Bonchev–Trinajstić information content (AvgIpc) is 2.98. The van der Waals surface area contributed by atoms with Crippen molar-refractivity contribution in [2.75, 3.05) is 0 Å². The number of amides is 1. The molecule has 1 amide bonds. The fourth-order valence-electron chi connectivity index (χ4n) is 2.31. The Hall–Kier alpha value is -2.54. The van der Waals surface area contributed by atoms with Gasteiger partial charge in [0, 0.05) is 23.4 Å². The molecule has 0 saturated heterocycles. The third-order valence-corrected chi connectivity index (χ3v) is 4.59. The van der Waals surface area contributed by atoms with Gasteiger partial charge in [-0.2, -0.15) is 0 Å². The van der Waals surface area contributed by atoms with Gasteiger partial charge >= 0.3 is 0 Å². The molecule has 3 rings (SSSR count). The van der Waals surface area contributed by atoms with Gasteiger partial charge in [-0.1, -0.05) is 21.1 Å². The minimum Gasteiger partial charge on any atom is -0.347 e. The van der Waals surface area contributed by atoms with Crippen LogP contribution in [-0.2, 0) is 6.54 Å². The second-order valence-corrected chi connectivity index (χ2v) is 6.26. The molecule has 7 heteroatoms. The predicted octanol–water partition coefficient (Wildman–Crippen LogP) is 2.97. The van der Waals surface area contributed by atoms with Gasteiger partial charge in [0.05, 0.1) is 11.4 Å². The zero-order valence-electron chi connectivity index (χ0n) is 13.3. The number of pyridine rings is 1. The summed E-state index contributed by atoms with van der Waals surface area (Å²) in [6, 6.07) is 9.58. The number of aromatic nitrogens is 4. The summed E-state index contributed by atoms with van der Waals surface area (Å²) in [6.45, 7) is 4.26. The van der Waals surface area contributed by atoms with Crippen molar-refractivity contribution in [2.24, 2.45) is 0 Å². The van der Waals surface area contributed by atoms with Gasteiger partial charge in [-0.25, -0.2) is 4.68 Å². The largest absolute Gasteiger partial charge is 0.347 e. The van der Waals surface area contributed by atoms with E-state index in [-0.39, 0.29) is 5.91 Å². The highest BCUT2D eigenvalue weighted by molar-refractivity contribution is 9.10. The predicted molar refractivity (Wildman–Crippen MR) is 93.9 cm³/mol. The lowest BCUT2D eigenvalue weighted by molar-refractivity contribution is 0.0945. The summed E-state index contributed by atoms with van der Waals surface area (Å²) in [6.07, 6.45) is 3.39.